The number of H-pyrrole nitrogens is 1. The molecule has 0 aliphatic carbocycles. The maximum Gasteiger partial charge on any atom is 0.335 e. The van der Waals surface area contributed by atoms with Crippen LogP contribution in [0.4, 0.5) is 4.39 Å². The lowest BCUT2D eigenvalue weighted by atomic mass is 10.0. The fraction of sp³-hybridized carbons (Fsp3) is 0.212. The van der Waals surface area contributed by atoms with Crippen LogP contribution in [-0.4, -0.2) is 75.0 Å². The number of rotatable bonds is 8. The maximum absolute atomic E-state index is 15.5. The molecule has 15 heteroatoms. The molecular formula is C33H29ClFN10O3+. The van der Waals surface area contributed by atoms with Crippen molar-refractivity contribution in [2.75, 3.05) is 13.1 Å². The zero-order valence-corrected chi connectivity index (χ0v) is 26.4. The van der Waals surface area contributed by atoms with E-state index in [-0.39, 0.29) is 28.1 Å². The van der Waals surface area contributed by atoms with E-state index in [2.05, 4.69) is 25.7 Å². The minimum Gasteiger partial charge on any atom is -0.478 e. The maximum atomic E-state index is 15.5. The number of carboxylic acids is 1. The quantitative estimate of drug-likeness (QED) is 0.225. The molecule has 1 saturated heterocycles. The van der Waals surface area contributed by atoms with E-state index < -0.39 is 17.8 Å². The van der Waals surface area contributed by atoms with Crippen molar-refractivity contribution in [2.24, 2.45) is 0 Å². The lowest BCUT2D eigenvalue weighted by Gasteiger charge is -2.31. The highest BCUT2D eigenvalue weighted by Crippen LogP contribution is 2.33. The number of likely N-dealkylation sites (tertiary alicyclic amines) is 1. The van der Waals surface area contributed by atoms with Gasteiger partial charge in [0.1, 0.15) is 11.7 Å². The average Bonchev–Trinajstić information content (AvgIpc) is 3.90. The Kier molecular flexibility index (Phi) is 8.23. The zero-order chi connectivity index (χ0) is 33.4. The first-order valence-corrected chi connectivity index (χ1v) is 15.6. The summed E-state index contributed by atoms with van der Waals surface area (Å²) in [6, 6.07) is 12.7. The number of carbonyl (C=O) groups is 2. The first kappa shape index (κ1) is 30.9. The van der Waals surface area contributed by atoms with Gasteiger partial charge in [-0.2, -0.15) is 5.10 Å². The Balaban J connectivity index is 1.26. The molecule has 7 rings (SSSR count). The van der Waals surface area contributed by atoms with Gasteiger partial charge in [-0.25, -0.2) is 13.9 Å². The molecule has 2 aromatic carbocycles. The third kappa shape index (κ3) is 5.93. The van der Waals surface area contributed by atoms with Crippen molar-refractivity contribution >= 4 is 23.5 Å². The van der Waals surface area contributed by atoms with E-state index in [0.29, 0.717) is 35.7 Å². The van der Waals surface area contributed by atoms with Crippen LogP contribution < -0.4 is 4.68 Å². The third-order valence-electron chi connectivity index (χ3n) is 8.57. The molecule has 1 atom stereocenters. The molecule has 0 radical (unpaired) electrons. The average molecular weight is 668 g/mol. The summed E-state index contributed by atoms with van der Waals surface area (Å²) in [5.41, 5.74) is 4.15. The fourth-order valence-electron chi connectivity index (χ4n) is 5.99. The van der Waals surface area contributed by atoms with Crippen molar-refractivity contribution in [3.8, 4) is 27.9 Å². The molecule has 1 fully saturated rings. The zero-order valence-electron chi connectivity index (χ0n) is 25.6. The number of aromatic nitrogens is 9. The number of aromatic carboxylic acids is 1. The highest BCUT2D eigenvalue weighted by Gasteiger charge is 2.28. The molecule has 0 bridgehead atoms. The molecule has 4 aromatic heterocycles. The van der Waals surface area contributed by atoms with E-state index in [9.17, 15) is 14.7 Å². The van der Waals surface area contributed by atoms with E-state index in [4.69, 9.17) is 16.6 Å². The first-order valence-electron chi connectivity index (χ1n) is 15.2. The number of hydrogen-bond acceptors (Lipinski definition) is 7. The van der Waals surface area contributed by atoms with Crippen LogP contribution >= 0.6 is 11.6 Å². The van der Waals surface area contributed by atoms with Crippen LogP contribution in [0, 0.1) is 5.82 Å². The number of carboxylic acid groups (broad SMARTS) is 1. The number of nitrogens with one attached hydrogen (secondary N) is 1. The SMILES string of the molecule is CC(=O)N1CCC(n2cc(C(c3ccc(-c4c(-[n+]5ccn[nH]5)ccc(Cl)c4F)cn3)n3cc(-c4ccc(C(=O)O)cc4)cn3)nn2)CC1. The topological polar surface area (TPSA) is 152 Å². The number of aromatic amines is 1. The Hall–Kier alpha value is -5.76. The molecule has 6 aromatic rings. The number of pyridine rings is 1. The third-order valence-corrected chi connectivity index (χ3v) is 8.86. The largest absolute Gasteiger partial charge is 0.478 e. The predicted molar refractivity (Wildman–Crippen MR) is 171 cm³/mol. The monoisotopic (exact) mass is 667 g/mol. The lowest BCUT2D eigenvalue weighted by Crippen LogP contribution is -2.37. The summed E-state index contributed by atoms with van der Waals surface area (Å²) in [4.78, 5) is 29.8. The Labute approximate surface area is 278 Å². The van der Waals surface area contributed by atoms with Crippen LogP contribution in [0.5, 0.6) is 0 Å². The summed E-state index contributed by atoms with van der Waals surface area (Å²) >= 11 is 6.20. The summed E-state index contributed by atoms with van der Waals surface area (Å²) in [5, 5.41) is 29.7. The van der Waals surface area contributed by atoms with Crippen molar-refractivity contribution in [1.82, 2.24) is 45.0 Å². The van der Waals surface area contributed by atoms with Gasteiger partial charge in [0.2, 0.25) is 12.1 Å². The summed E-state index contributed by atoms with van der Waals surface area (Å²) in [5.74, 6) is -1.54. The lowest BCUT2D eigenvalue weighted by molar-refractivity contribution is -0.659. The van der Waals surface area contributed by atoms with Crippen LogP contribution in [-0.2, 0) is 4.79 Å². The van der Waals surface area contributed by atoms with Gasteiger partial charge in [-0.15, -0.1) is 9.78 Å². The second kappa shape index (κ2) is 12.8. The van der Waals surface area contributed by atoms with Gasteiger partial charge in [0, 0.05) is 48.6 Å². The van der Waals surface area contributed by atoms with Crippen LogP contribution in [0.3, 0.4) is 0 Å². The normalized spacial score (nSPS) is 14.3. The van der Waals surface area contributed by atoms with Crippen molar-refractivity contribution in [1.29, 1.82) is 0 Å². The molecule has 242 valence electrons. The number of benzene rings is 2. The molecular weight excluding hydrogens is 639 g/mol. The van der Waals surface area contributed by atoms with Gasteiger partial charge >= 0.3 is 5.97 Å². The van der Waals surface area contributed by atoms with Crippen molar-refractivity contribution < 1.29 is 23.8 Å². The molecule has 48 heavy (non-hydrogen) atoms. The van der Waals surface area contributed by atoms with Crippen LogP contribution in [0.1, 0.15) is 53.6 Å². The van der Waals surface area contributed by atoms with E-state index in [1.54, 1.807) is 83.5 Å². The van der Waals surface area contributed by atoms with Gasteiger partial charge in [0.05, 0.1) is 40.3 Å². The van der Waals surface area contributed by atoms with Crippen molar-refractivity contribution in [3.63, 3.8) is 0 Å². The Morgan fingerprint density at radius 1 is 1.00 bits per heavy atom. The van der Waals surface area contributed by atoms with Crippen LogP contribution in [0.15, 0.2) is 85.7 Å². The molecule has 1 amide bonds. The number of halogens is 2. The number of piperidine rings is 1. The molecule has 2 N–H and O–H groups in total. The van der Waals surface area contributed by atoms with E-state index in [0.717, 1.165) is 24.0 Å². The number of amides is 1. The van der Waals surface area contributed by atoms with Gasteiger partial charge in [-0.3, -0.25) is 14.5 Å². The molecule has 0 saturated carbocycles. The Morgan fingerprint density at radius 3 is 2.44 bits per heavy atom. The minimum atomic E-state index is -1.00. The Bertz CT molecular complexity index is 2090. The van der Waals surface area contributed by atoms with E-state index in [1.165, 1.54) is 6.07 Å². The van der Waals surface area contributed by atoms with Crippen molar-refractivity contribution in [2.45, 2.75) is 31.8 Å². The first-order chi connectivity index (χ1) is 23.3. The molecule has 1 unspecified atom stereocenters. The number of hydrogen-bond donors (Lipinski definition) is 2. The van der Waals surface area contributed by atoms with Gasteiger partial charge < -0.3 is 10.0 Å². The van der Waals surface area contributed by atoms with Gasteiger partial charge in [-0.1, -0.05) is 40.2 Å². The smallest absolute Gasteiger partial charge is 0.335 e. The van der Waals surface area contributed by atoms with E-state index >= 15 is 4.39 Å². The summed E-state index contributed by atoms with van der Waals surface area (Å²) in [6.45, 7) is 2.86. The van der Waals surface area contributed by atoms with Crippen LogP contribution in [0.25, 0.3) is 27.9 Å². The molecule has 1 aliphatic rings. The highest BCUT2D eigenvalue weighted by atomic mass is 35.5. The predicted octanol–water partition coefficient (Wildman–Crippen LogP) is 4.52. The van der Waals surface area contributed by atoms with Gasteiger partial charge in [0.25, 0.3) is 0 Å². The summed E-state index contributed by atoms with van der Waals surface area (Å²) in [7, 11) is 0. The van der Waals surface area contributed by atoms with Crippen molar-refractivity contribution in [3.05, 3.63) is 114 Å². The molecule has 5 heterocycles. The Morgan fingerprint density at radius 2 is 1.77 bits per heavy atom. The van der Waals surface area contributed by atoms with E-state index in [1.807, 2.05) is 22.0 Å². The highest BCUT2D eigenvalue weighted by molar-refractivity contribution is 6.31. The molecule has 13 nitrogen and oxygen atoms in total. The fourth-order valence-corrected chi connectivity index (χ4v) is 6.15. The summed E-state index contributed by atoms with van der Waals surface area (Å²) < 4.78 is 20.7. The molecule has 0 spiro atoms. The second-order valence-corrected chi connectivity index (χ2v) is 11.9. The van der Waals surface area contributed by atoms with Gasteiger partial charge in [0.15, 0.2) is 17.7 Å². The van der Waals surface area contributed by atoms with Gasteiger partial charge in [-0.05, 0) is 48.7 Å². The van der Waals surface area contributed by atoms with Crippen LogP contribution in [0.2, 0.25) is 5.02 Å². The summed E-state index contributed by atoms with van der Waals surface area (Å²) in [6.07, 6.45) is 11.7. The number of nitrogens with zero attached hydrogens (tertiary/aromatic N) is 9. The second-order valence-electron chi connectivity index (χ2n) is 11.5. The number of carbonyl (C=O) groups excluding carboxylic acids is 1. The minimum absolute atomic E-state index is 0.0259. The molecule has 1 aliphatic heterocycles. The standard InChI is InChI=1S/C33H28ClFN10O3/c1-20(46)42-13-10-25(11-14-42)44-19-28(39-41-44)32(45-18-24(17-38-45)21-2-4-22(5-3-21)33(47)48)27-8-6-23(16-36-27)30-29(43-15-12-37-40-43)9-7-26(34)31(30)35/h2-9,12,15-19,25,32H,10-11,13-14H2,1H3,(H,47,48)/p+1.